The number of benzene rings is 2. The van der Waals surface area contributed by atoms with Crippen LogP contribution in [0.2, 0.25) is 0 Å². The van der Waals surface area contributed by atoms with E-state index in [1.165, 1.54) is 17.2 Å². The van der Waals surface area contributed by atoms with Crippen molar-refractivity contribution in [2.45, 2.75) is 20.4 Å². The Morgan fingerprint density at radius 2 is 1.83 bits per heavy atom. The Balaban J connectivity index is 2.11. The van der Waals surface area contributed by atoms with Gasteiger partial charge in [-0.2, -0.15) is 0 Å². The maximum atomic E-state index is 13.6. The second kappa shape index (κ2) is 5.53. The van der Waals surface area contributed by atoms with Crippen molar-refractivity contribution < 1.29 is 4.39 Å². The number of hydrogen-bond donors (Lipinski definition) is 1. The molecule has 0 atom stereocenters. The smallest absolute Gasteiger partial charge is 0.128 e. The van der Waals surface area contributed by atoms with Crippen molar-refractivity contribution in [3.8, 4) is 0 Å². The topological polar surface area (TPSA) is 12.0 Å². The highest BCUT2D eigenvalue weighted by Crippen LogP contribution is 2.18. The quantitative estimate of drug-likeness (QED) is 0.857. The molecule has 0 aromatic heterocycles. The van der Waals surface area contributed by atoms with Gasteiger partial charge in [0.2, 0.25) is 0 Å². The highest BCUT2D eigenvalue weighted by Gasteiger charge is 2.03. The molecule has 0 aliphatic rings. The summed E-state index contributed by atoms with van der Waals surface area (Å²) in [5, 5.41) is 3.24. The van der Waals surface area contributed by atoms with E-state index < -0.39 is 0 Å². The van der Waals surface area contributed by atoms with Crippen LogP contribution in [0.4, 0.5) is 10.1 Å². The Hall–Kier alpha value is -1.35. The zero-order valence-electron chi connectivity index (χ0n) is 10.4. The van der Waals surface area contributed by atoms with Gasteiger partial charge in [0.25, 0.3) is 0 Å². The Morgan fingerprint density at radius 1 is 1.06 bits per heavy atom. The molecule has 0 saturated heterocycles. The van der Waals surface area contributed by atoms with Gasteiger partial charge in [-0.25, -0.2) is 4.39 Å². The van der Waals surface area contributed by atoms with Crippen LogP contribution < -0.4 is 5.32 Å². The highest BCUT2D eigenvalue weighted by molar-refractivity contribution is 9.10. The first-order valence-corrected chi connectivity index (χ1v) is 6.60. The van der Waals surface area contributed by atoms with Crippen molar-refractivity contribution in [3.63, 3.8) is 0 Å². The third kappa shape index (κ3) is 3.10. The highest BCUT2D eigenvalue weighted by atomic mass is 79.9. The molecule has 0 aliphatic carbocycles. The van der Waals surface area contributed by atoms with Crippen LogP contribution in [0, 0.1) is 19.7 Å². The molecule has 94 valence electrons. The SMILES string of the molecule is Cc1ccc(NCc2cc(Br)ccc2F)cc1C. The zero-order valence-corrected chi connectivity index (χ0v) is 12.0. The summed E-state index contributed by atoms with van der Waals surface area (Å²) in [4.78, 5) is 0. The average Bonchev–Trinajstić information content (AvgIpc) is 2.34. The van der Waals surface area contributed by atoms with Gasteiger partial charge in [-0.05, 0) is 55.3 Å². The Morgan fingerprint density at radius 3 is 2.56 bits per heavy atom. The van der Waals surface area contributed by atoms with Crippen LogP contribution in [-0.2, 0) is 6.54 Å². The van der Waals surface area contributed by atoms with Gasteiger partial charge in [-0.15, -0.1) is 0 Å². The van der Waals surface area contributed by atoms with Crippen molar-refractivity contribution >= 4 is 21.6 Å². The van der Waals surface area contributed by atoms with Crippen molar-refractivity contribution in [1.29, 1.82) is 0 Å². The maximum absolute atomic E-state index is 13.6. The van der Waals surface area contributed by atoms with Crippen molar-refractivity contribution in [3.05, 3.63) is 63.4 Å². The molecule has 18 heavy (non-hydrogen) atoms. The van der Waals surface area contributed by atoms with Crippen molar-refractivity contribution in [2.75, 3.05) is 5.32 Å². The molecule has 0 unspecified atom stereocenters. The lowest BCUT2D eigenvalue weighted by Crippen LogP contribution is -2.02. The Labute approximate surface area is 115 Å². The predicted octanol–water partition coefficient (Wildman–Crippen LogP) is 4.82. The second-order valence-electron chi connectivity index (χ2n) is 4.39. The molecule has 0 spiro atoms. The summed E-state index contributed by atoms with van der Waals surface area (Å²) in [5.74, 6) is -0.186. The molecule has 2 aromatic rings. The van der Waals surface area contributed by atoms with E-state index in [0.29, 0.717) is 12.1 Å². The standard InChI is InChI=1S/C15H15BrFN/c1-10-3-5-14(7-11(10)2)18-9-12-8-13(16)4-6-15(12)17/h3-8,18H,9H2,1-2H3. The minimum Gasteiger partial charge on any atom is -0.381 e. The maximum Gasteiger partial charge on any atom is 0.128 e. The van der Waals surface area contributed by atoms with E-state index in [1.807, 2.05) is 6.07 Å². The van der Waals surface area contributed by atoms with Crippen LogP contribution >= 0.6 is 15.9 Å². The number of anilines is 1. The summed E-state index contributed by atoms with van der Waals surface area (Å²) in [6.07, 6.45) is 0. The molecule has 0 saturated carbocycles. The predicted molar refractivity (Wildman–Crippen MR) is 77.3 cm³/mol. The Kier molecular flexibility index (Phi) is 4.02. The fourth-order valence-electron chi connectivity index (χ4n) is 1.73. The van der Waals surface area contributed by atoms with Gasteiger partial charge in [-0.1, -0.05) is 22.0 Å². The summed E-state index contributed by atoms with van der Waals surface area (Å²) in [7, 11) is 0. The first kappa shape index (κ1) is 13.1. The first-order chi connectivity index (χ1) is 8.56. The van der Waals surface area contributed by atoms with Gasteiger partial charge in [0.1, 0.15) is 5.82 Å². The second-order valence-corrected chi connectivity index (χ2v) is 5.30. The van der Waals surface area contributed by atoms with Gasteiger partial charge in [0, 0.05) is 22.3 Å². The minimum absolute atomic E-state index is 0.186. The Bertz CT molecular complexity index is 566. The van der Waals surface area contributed by atoms with E-state index in [2.05, 4.69) is 47.2 Å². The van der Waals surface area contributed by atoms with E-state index in [1.54, 1.807) is 12.1 Å². The molecule has 1 N–H and O–H groups in total. The summed E-state index contributed by atoms with van der Waals surface area (Å²) < 4.78 is 14.4. The largest absolute Gasteiger partial charge is 0.381 e. The molecule has 3 heteroatoms. The molecule has 2 rings (SSSR count). The van der Waals surface area contributed by atoms with Gasteiger partial charge in [0.05, 0.1) is 0 Å². The number of halogens is 2. The van der Waals surface area contributed by atoms with Crippen LogP contribution in [0.5, 0.6) is 0 Å². The number of nitrogens with one attached hydrogen (secondary N) is 1. The third-order valence-corrected chi connectivity index (χ3v) is 3.49. The molecule has 0 aliphatic heterocycles. The summed E-state index contributed by atoms with van der Waals surface area (Å²) in [6, 6.07) is 11.1. The van der Waals surface area contributed by atoms with Gasteiger partial charge < -0.3 is 5.32 Å². The number of rotatable bonds is 3. The van der Waals surface area contributed by atoms with E-state index in [0.717, 1.165) is 10.2 Å². The minimum atomic E-state index is -0.186. The summed E-state index contributed by atoms with van der Waals surface area (Å²) in [6.45, 7) is 4.63. The molecule has 0 fully saturated rings. The van der Waals surface area contributed by atoms with Gasteiger partial charge in [0.15, 0.2) is 0 Å². The van der Waals surface area contributed by atoms with Crippen LogP contribution in [-0.4, -0.2) is 0 Å². The van der Waals surface area contributed by atoms with Crippen molar-refractivity contribution in [1.82, 2.24) is 0 Å². The lowest BCUT2D eigenvalue weighted by molar-refractivity contribution is 0.612. The first-order valence-electron chi connectivity index (χ1n) is 5.81. The lowest BCUT2D eigenvalue weighted by atomic mass is 10.1. The lowest BCUT2D eigenvalue weighted by Gasteiger charge is -2.09. The normalized spacial score (nSPS) is 10.4. The molecular formula is C15H15BrFN. The van der Waals surface area contributed by atoms with Crippen LogP contribution in [0.1, 0.15) is 16.7 Å². The molecule has 0 heterocycles. The fourth-order valence-corrected chi connectivity index (χ4v) is 2.14. The van der Waals surface area contributed by atoms with Crippen LogP contribution in [0.15, 0.2) is 40.9 Å². The molecule has 0 bridgehead atoms. The van der Waals surface area contributed by atoms with Crippen LogP contribution in [0.25, 0.3) is 0 Å². The molecule has 1 nitrogen and oxygen atoms in total. The van der Waals surface area contributed by atoms with E-state index in [4.69, 9.17) is 0 Å². The van der Waals surface area contributed by atoms with E-state index >= 15 is 0 Å². The summed E-state index contributed by atoms with van der Waals surface area (Å²) >= 11 is 3.35. The van der Waals surface area contributed by atoms with Gasteiger partial charge in [-0.3, -0.25) is 0 Å². The van der Waals surface area contributed by atoms with Gasteiger partial charge >= 0.3 is 0 Å². The summed E-state index contributed by atoms with van der Waals surface area (Å²) in [5.41, 5.74) is 4.16. The molecule has 2 aromatic carbocycles. The van der Waals surface area contributed by atoms with E-state index in [-0.39, 0.29) is 5.82 Å². The third-order valence-electron chi connectivity index (χ3n) is 3.00. The molecule has 0 amide bonds. The molecular weight excluding hydrogens is 293 g/mol. The number of hydrogen-bond acceptors (Lipinski definition) is 1. The zero-order chi connectivity index (χ0) is 13.1. The number of aryl methyl sites for hydroxylation is 2. The van der Waals surface area contributed by atoms with Crippen LogP contribution in [0.3, 0.4) is 0 Å². The monoisotopic (exact) mass is 307 g/mol. The van der Waals surface area contributed by atoms with Crippen molar-refractivity contribution in [2.24, 2.45) is 0 Å². The van der Waals surface area contributed by atoms with E-state index in [9.17, 15) is 4.39 Å². The average molecular weight is 308 g/mol. The fraction of sp³-hybridized carbons (Fsp3) is 0.200. The molecule has 0 radical (unpaired) electrons.